The highest BCUT2D eigenvalue weighted by Crippen LogP contribution is 2.30. The lowest BCUT2D eigenvalue weighted by Gasteiger charge is -2.19. The largest absolute Gasteiger partial charge is 0.496 e. The highest BCUT2D eigenvalue weighted by atomic mass is 16.5. The van der Waals surface area contributed by atoms with Crippen molar-refractivity contribution >= 4 is 5.97 Å². The van der Waals surface area contributed by atoms with Crippen molar-refractivity contribution < 1.29 is 14.6 Å². The summed E-state index contributed by atoms with van der Waals surface area (Å²) in [5.41, 5.74) is 2.25. The first kappa shape index (κ1) is 15.5. The monoisotopic (exact) mass is 265 g/mol. The van der Waals surface area contributed by atoms with Crippen molar-refractivity contribution in [1.29, 1.82) is 0 Å². The molecule has 2 N–H and O–H groups in total. The third-order valence-electron chi connectivity index (χ3n) is 3.27. The van der Waals surface area contributed by atoms with E-state index in [0.29, 0.717) is 12.3 Å². The summed E-state index contributed by atoms with van der Waals surface area (Å²) in [6, 6.07) is 6.11. The van der Waals surface area contributed by atoms with Crippen LogP contribution in [0.5, 0.6) is 5.75 Å². The summed E-state index contributed by atoms with van der Waals surface area (Å²) in [6.45, 7) is 4.24. The molecule has 1 unspecified atom stereocenters. The van der Waals surface area contributed by atoms with Crippen molar-refractivity contribution in [3.8, 4) is 5.75 Å². The fraction of sp³-hybridized carbons (Fsp3) is 0.533. The molecule has 0 spiro atoms. The second-order valence-electron chi connectivity index (χ2n) is 4.93. The molecule has 4 heteroatoms. The first-order valence-electron chi connectivity index (χ1n) is 6.56. The molecular weight excluding hydrogens is 242 g/mol. The van der Waals surface area contributed by atoms with Gasteiger partial charge >= 0.3 is 5.97 Å². The molecule has 1 rings (SSSR count). The zero-order valence-electron chi connectivity index (χ0n) is 12.1. The van der Waals surface area contributed by atoms with E-state index in [4.69, 9.17) is 9.84 Å². The van der Waals surface area contributed by atoms with Crippen LogP contribution >= 0.6 is 0 Å². The van der Waals surface area contributed by atoms with Gasteiger partial charge in [-0.05, 0) is 36.6 Å². The van der Waals surface area contributed by atoms with Gasteiger partial charge in [-0.25, -0.2) is 0 Å². The SMILES string of the molecule is CNC(CCC(=O)O)c1ccc(OC)c(C(C)C)c1. The number of hydrogen-bond acceptors (Lipinski definition) is 3. The maximum absolute atomic E-state index is 10.7. The molecule has 0 saturated heterocycles. The maximum atomic E-state index is 10.7. The van der Waals surface area contributed by atoms with Gasteiger partial charge in [-0.15, -0.1) is 0 Å². The fourth-order valence-electron chi connectivity index (χ4n) is 2.17. The third-order valence-corrected chi connectivity index (χ3v) is 3.27. The molecule has 1 aromatic carbocycles. The minimum Gasteiger partial charge on any atom is -0.496 e. The molecule has 0 amide bonds. The Morgan fingerprint density at radius 2 is 2.11 bits per heavy atom. The number of ether oxygens (including phenoxy) is 1. The number of carboxylic acids is 1. The summed E-state index contributed by atoms with van der Waals surface area (Å²) in [5, 5.41) is 12.0. The number of aliphatic carboxylic acids is 1. The van der Waals surface area contributed by atoms with Gasteiger partial charge in [-0.3, -0.25) is 4.79 Å². The molecule has 0 aliphatic heterocycles. The highest BCUT2D eigenvalue weighted by Gasteiger charge is 2.15. The molecule has 0 bridgehead atoms. The Hall–Kier alpha value is -1.55. The molecule has 0 radical (unpaired) electrons. The van der Waals surface area contributed by atoms with Gasteiger partial charge in [0.15, 0.2) is 0 Å². The lowest BCUT2D eigenvalue weighted by molar-refractivity contribution is -0.137. The van der Waals surface area contributed by atoms with Gasteiger partial charge in [0, 0.05) is 12.5 Å². The summed E-state index contributed by atoms with van der Waals surface area (Å²) >= 11 is 0. The quantitative estimate of drug-likeness (QED) is 0.796. The minimum atomic E-state index is -0.766. The smallest absolute Gasteiger partial charge is 0.303 e. The van der Waals surface area contributed by atoms with Crippen LogP contribution in [0.3, 0.4) is 0 Å². The van der Waals surface area contributed by atoms with E-state index in [-0.39, 0.29) is 12.5 Å². The number of carbonyl (C=O) groups is 1. The molecule has 19 heavy (non-hydrogen) atoms. The lowest BCUT2D eigenvalue weighted by Crippen LogP contribution is -2.18. The van der Waals surface area contributed by atoms with E-state index >= 15 is 0 Å². The van der Waals surface area contributed by atoms with Crippen LogP contribution in [0.15, 0.2) is 18.2 Å². The van der Waals surface area contributed by atoms with E-state index in [0.717, 1.165) is 16.9 Å². The first-order chi connectivity index (χ1) is 8.99. The molecule has 1 aromatic rings. The average molecular weight is 265 g/mol. The molecule has 0 aromatic heterocycles. The van der Waals surface area contributed by atoms with Crippen molar-refractivity contribution in [2.24, 2.45) is 0 Å². The molecule has 106 valence electrons. The van der Waals surface area contributed by atoms with Crippen molar-refractivity contribution in [2.75, 3.05) is 14.2 Å². The Bertz CT molecular complexity index is 429. The number of nitrogens with one attached hydrogen (secondary N) is 1. The van der Waals surface area contributed by atoms with Gasteiger partial charge in [0.25, 0.3) is 0 Å². The van der Waals surface area contributed by atoms with Crippen molar-refractivity contribution in [2.45, 2.75) is 38.6 Å². The molecule has 0 fully saturated rings. The second-order valence-corrected chi connectivity index (χ2v) is 4.93. The lowest BCUT2D eigenvalue weighted by atomic mass is 9.95. The van der Waals surface area contributed by atoms with Gasteiger partial charge in [0.2, 0.25) is 0 Å². The molecule has 0 saturated carbocycles. The normalized spacial score (nSPS) is 12.5. The van der Waals surface area contributed by atoms with E-state index < -0.39 is 5.97 Å². The Kier molecular flexibility index (Phi) is 5.83. The molecule has 0 aliphatic carbocycles. The van der Waals surface area contributed by atoms with Crippen molar-refractivity contribution in [1.82, 2.24) is 5.32 Å². The molecule has 1 atom stereocenters. The first-order valence-corrected chi connectivity index (χ1v) is 6.56. The predicted octanol–water partition coefficient (Wildman–Crippen LogP) is 2.94. The van der Waals surface area contributed by atoms with E-state index in [1.54, 1.807) is 7.11 Å². The van der Waals surface area contributed by atoms with Crippen LogP contribution in [-0.2, 0) is 4.79 Å². The fourth-order valence-corrected chi connectivity index (χ4v) is 2.17. The minimum absolute atomic E-state index is 0.0551. The van der Waals surface area contributed by atoms with E-state index in [1.165, 1.54) is 0 Å². The average Bonchev–Trinajstić information content (AvgIpc) is 2.38. The summed E-state index contributed by atoms with van der Waals surface area (Å²) in [5.74, 6) is 0.483. The van der Waals surface area contributed by atoms with Gasteiger partial charge in [0.1, 0.15) is 5.75 Å². The van der Waals surface area contributed by atoms with Gasteiger partial charge < -0.3 is 15.2 Å². The van der Waals surface area contributed by atoms with Gasteiger partial charge in [-0.1, -0.05) is 26.0 Å². The number of methoxy groups -OCH3 is 1. The topological polar surface area (TPSA) is 58.6 Å². The number of hydrogen-bond donors (Lipinski definition) is 2. The maximum Gasteiger partial charge on any atom is 0.303 e. The summed E-state index contributed by atoms with van der Waals surface area (Å²) in [6.07, 6.45) is 0.740. The zero-order valence-corrected chi connectivity index (χ0v) is 12.1. The summed E-state index contributed by atoms with van der Waals surface area (Å²) in [7, 11) is 3.52. The highest BCUT2D eigenvalue weighted by molar-refractivity contribution is 5.66. The van der Waals surface area contributed by atoms with Crippen molar-refractivity contribution in [3.05, 3.63) is 29.3 Å². The Balaban J connectivity index is 2.98. The number of rotatable bonds is 7. The Labute approximate surface area is 114 Å². The standard InChI is InChI=1S/C15H23NO3/c1-10(2)12-9-11(5-7-14(12)19-4)13(16-3)6-8-15(17)18/h5,7,9-10,13,16H,6,8H2,1-4H3,(H,17,18). The van der Waals surface area contributed by atoms with E-state index in [1.807, 2.05) is 19.2 Å². The van der Waals surface area contributed by atoms with Crippen LogP contribution in [0, 0.1) is 0 Å². The van der Waals surface area contributed by atoms with Crippen LogP contribution < -0.4 is 10.1 Å². The zero-order chi connectivity index (χ0) is 14.4. The van der Waals surface area contributed by atoms with Crippen LogP contribution in [0.4, 0.5) is 0 Å². The van der Waals surface area contributed by atoms with E-state index in [2.05, 4.69) is 25.2 Å². The molecule has 0 aliphatic rings. The molecule has 4 nitrogen and oxygen atoms in total. The second kappa shape index (κ2) is 7.14. The van der Waals surface area contributed by atoms with Crippen LogP contribution in [0.25, 0.3) is 0 Å². The molecule has 0 heterocycles. The van der Waals surface area contributed by atoms with E-state index in [9.17, 15) is 4.79 Å². The van der Waals surface area contributed by atoms with Crippen molar-refractivity contribution in [3.63, 3.8) is 0 Å². The predicted molar refractivity (Wildman–Crippen MR) is 75.8 cm³/mol. The Morgan fingerprint density at radius 1 is 1.42 bits per heavy atom. The third kappa shape index (κ3) is 4.24. The van der Waals surface area contributed by atoms with Gasteiger partial charge in [-0.2, -0.15) is 0 Å². The Morgan fingerprint density at radius 3 is 2.58 bits per heavy atom. The molecular formula is C15H23NO3. The van der Waals surface area contributed by atoms with Crippen LogP contribution in [0.1, 0.15) is 49.8 Å². The number of carboxylic acid groups (broad SMARTS) is 1. The van der Waals surface area contributed by atoms with Crippen LogP contribution in [0.2, 0.25) is 0 Å². The summed E-state index contributed by atoms with van der Waals surface area (Å²) < 4.78 is 5.36. The summed E-state index contributed by atoms with van der Waals surface area (Å²) in [4.78, 5) is 10.7. The van der Waals surface area contributed by atoms with Gasteiger partial charge in [0.05, 0.1) is 7.11 Å². The number of benzene rings is 1. The van der Waals surface area contributed by atoms with Crippen LogP contribution in [-0.4, -0.2) is 25.2 Å².